The SMILES string of the molecule is CCCCCCCCCCCCCCCC(=O)c1ccc(C(=O)NCC(=O)Oc2cccc3c2CCC(N(CCC)CCc2cccs2)C3)cc1. The number of carbonyl (C=O) groups is 3. The Morgan fingerprint density at radius 3 is 2.08 bits per heavy atom. The van der Waals surface area contributed by atoms with Crippen molar-refractivity contribution in [2.75, 3.05) is 19.6 Å². The van der Waals surface area contributed by atoms with Gasteiger partial charge >= 0.3 is 5.97 Å². The van der Waals surface area contributed by atoms with Gasteiger partial charge < -0.3 is 10.1 Å². The average Bonchev–Trinajstić information content (AvgIpc) is 3.68. The summed E-state index contributed by atoms with van der Waals surface area (Å²) in [5, 5.41) is 4.83. The number of amides is 1. The zero-order chi connectivity index (χ0) is 36.1. The minimum absolute atomic E-state index is 0.113. The molecule has 1 unspecified atom stereocenters. The van der Waals surface area contributed by atoms with E-state index in [1.807, 2.05) is 23.5 Å². The highest BCUT2D eigenvalue weighted by Gasteiger charge is 2.26. The molecular formula is C44H62N2O4S. The van der Waals surface area contributed by atoms with Gasteiger partial charge in [-0.2, -0.15) is 0 Å². The Kier molecular flexibility index (Phi) is 18.5. The van der Waals surface area contributed by atoms with Gasteiger partial charge in [0.15, 0.2) is 5.78 Å². The molecule has 6 nitrogen and oxygen atoms in total. The van der Waals surface area contributed by atoms with Crippen LogP contribution in [0, 0.1) is 0 Å². The van der Waals surface area contributed by atoms with Crippen molar-refractivity contribution in [2.24, 2.45) is 0 Å². The van der Waals surface area contributed by atoms with E-state index < -0.39 is 5.97 Å². The third kappa shape index (κ3) is 14.3. The molecule has 7 heteroatoms. The first-order chi connectivity index (χ1) is 25.0. The predicted molar refractivity (Wildman–Crippen MR) is 211 cm³/mol. The zero-order valence-corrected chi connectivity index (χ0v) is 32.2. The number of unbranched alkanes of at least 4 members (excludes halogenated alkanes) is 12. The Morgan fingerprint density at radius 2 is 1.43 bits per heavy atom. The summed E-state index contributed by atoms with van der Waals surface area (Å²) in [5.74, 6) is -0.147. The molecule has 0 bridgehead atoms. The second kappa shape index (κ2) is 23.3. The molecule has 1 N–H and O–H groups in total. The van der Waals surface area contributed by atoms with Crippen molar-refractivity contribution in [3.8, 4) is 5.75 Å². The molecule has 0 saturated carbocycles. The lowest BCUT2D eigenvalue weighted by Crippen LogP contribution is -2.41. The van der Waals surface area contributed by atoms with Crippen molar-refractivity contribution in [3.63, 3.8) is 0 Å². The standard InChI is InChI=1S/C44H62N2O4S/c1-3-5-6-7-8-9-10-11-12-13-14-15-16-21-41(47)35-23-25-36(26-24-35)44(49)45-34-43(48)50-42-22-17-19-37-33-38(27-28-40(37)42)46(30-4-2)31-29-39-20-18-32-51-39/h17-20,22-26,32,38H,3-16,21,27-31,33-34H2,1-2H3,(H,45,49). The van der Waals surface area contributed by atoms with Crippen LogP contribution in [0.15, 0.2) is 60.0 Å². The summed E-state index contributed by atoms with van der Waals surface area (Å²) in [4.78, 5) is 42.4. The minimum Gasteiger partial charge on any atom is -0.425 e. The Hall–Kier alpha value is -3.29. The number of Topliss-reactive ketones (excluding diaryl/α,β-unsaturated/α-hetero) is 1. The Bertz CT molecular complexity index is 1450. The van der Waals surface area contributed by atoms with E-state index in [2.05, 4.69) is 47.6 Å². The van der Waals surface area contributed by atoms with Crippen LogP contribution >= 0.6 is 11.3 Å². The predicted octanol–water partition coefficient (Wildman–Crippen LogP) is 10.6. The second-order valence-corrected chi connectivity index (χ2v) is 15.3. The fourth-order valence-corrected chi connectivity index (χ4v) is 8.00. The highest BCUT2D eigenvalue weighted by Crippen LogP contribution is 2.32. The maximum atomic E-state index is 12.8. The van der Waals surface area contributed by atoms with Gasteiger partial charge in [-0.05, 0) is 85.8 Å². The first-order valence-corrected chi connectivity index (χ1v) is 20.9. The highest BCUT2D eigenvalue weighted by atomic mass is 32.1. The fraction of sp³-hybridized carbons (Fsp3) is 0.568. The molecule has 0 saturated heterocycles. The van der Waals surface area contributed by atoms with Crippen molar-refractivity contribution in [1.29, 1.82) is 0 Å². The first-order valence-electron chi connectivity index (χ1n) is 20.0. The normalized spacial score (nSPS) is 14.0. The Morgan fingerprint density at radius 1 is 0.765 bits per heavy atom. The van der Waals surface area contributed by atoms with Gasteiger partial charge in [0.2, 0.25) is 0 Å². The van der Waals surface area contributed by atoms with Crippen LogP contribution in [0.25, 0.3) is 0 Å². The molecular weight excluding hydrogens is 653 g/mol. The molecule has 0 fully saturated rings. The molecule has 0 spiro atoms. The first kappa shape index (κ1) is 40.5. The van der Waals surface area contributed by atoms with Gasteiger partial charge in [-0.25, -0.2) is 4.79 Å². The number of hydrogen-bond acceptors (Lipinski definition) is 6. The van der Waals surface area contributed by atoms with E-state index in [9.17, 15) is 14.4 Å². The molecule has 1 aromatic heterocycles. The molecule has 1 atom stereocenters. The van der Waals surface area contributed by atoms with Crippen molar-refractivity contribution in [1.82, 2.24) is 10.2 Å². The van der Waals surface area contributed by atoms with Gasteiger partial charge in [-0.3, -0.25) is 14.5 Å². The summed E-state index contributed by atoms with van der Waals surface area (Å²) < 4.78 is 5.78. The molecule has 278 valence electrons. The van der Waals surface area contributed by atoms with Crippen LogP contribution in [0.1, 0.15) is 153 Å². The lowest BCUT2D eigenvalue weighted by molar-refractivity contribution is -0.133. The number of esters is 1. The summed E-state index contributed by atoms with van der Waals surface area (Å²) >= 11 is 1.82. The van der Waals surface area contributed by atoms with Crippen molar-refractivity contribution < 1.29 is 19.1 Å². The van der Waals surface area contributed by atoms with Crippen LogP contribution in [0.3, 0.4) is 0 Å². The third-order valence-corrected chi connectivity index (χ3v) is 11.2. The maximum Gasteiger partial charge on any atom is 0.330 e. The number of thiophene rings is 1. The van der Waals surface area contributed by atoms with Crippen LogP contribution in [0.2, 0.25) is 0 Å². The van der Waals surface area contributed by atoms with Crippen molar-refractivity contribution in [3.05, 3.63) is 87.1 Å². The summed E-state index contributed by atoms with van der Waals surface area (Å²) in [6.07, 6.45) is 22.2. The van der Waals surface area contributed by atoms with Gasteiger partial charge in [-0.15, -0.1) is 11.3 Å². The number of rotatable bonds is 25. The fourth-order valence-electron chi connectivity index (χ4n) is 7.30. The molecule has 1 aliphatic carbocycles. The van der Waals surface area contributed by atoms with Crippen LogP contribution in [0.5, 0.6) is 5.75 Å². The van der Waals surface area contributed by atoms with E-state index in [4.69, 9.17) is 4.74 Å². The maximum absolute atomic E-state index is 12.8. The quantitative estimate of drug-likeness (QED) is 0.0409. The molecule has 1 amide bonds. The molecule has 0 aliphatic heterocycles. The summed E-state index contributed by atoms with van der Waals surface area (Å²) in [7, 11) is 0. The molecule has 0 radical (unpaired) electrons. The van der Waals surface area contributed by atoms with Crippen LogP contribution in [0.4, 0.5) is 0 Å². The monoisotopic (exact) mass is 714 g/mol. The molecule has 1 aliphatic rings. The van der Waals surface area contributed by atoms with E-state index in [0.717, 1.165) is 63.6 Å². The van der Waals surface area contributed by atoms with E-state index >= 15 is 0 Å². The number of ether oxygens (including phenoxy) is 1. The molecule has 1 heterocycles. The van der Waals surface area contributed by atoms with Gasteiger partial charge in [0.1, 0.15) is 12.3 Å². The number of nitrogens with zero attached hydrogens (tertiary/aromatic N) is 1. The van der Waals surface area contributed by atoms with Crippen LogP contribution in [-0.2, 0) is 24.1 Å². The number of nitrogens with one attached hydrogen (secondary N) is 1. The van der Waals surface area contributed by atoms with Gasteiger partial charge in [0.25, 0.3) is 5.91 Å². The highest BCUT2D eigenvalue weighted by molar-refractivity contribution is 7.09. The number of carbonyl (C=O) groups excluding carboxylic acids is 3. The van der Waals surface area contributed by atoms with Gasteiger partial charge in [0.05, 0.1) is 0 Å². The smallest absolute Gasteiger partial charge is 0.330 e. The van der Waals surface area contributed by atoms with Gasteiger partial charge in [0, 0.05) is 35.0 Å². The van der Waals surface area contributed by atoms with E-state index in [1.165, 1.54) is 81.1 Å². The van der Waals surface area contributed by atoms with E-state index in [0.29, 0.717) is 29.3 Å². The van der Waals surface area contributed by atoms with Crippen LogP contribution in [-0.4, -0.2) is 48.2 Å². The minimum atomic E-state index is -0.493. The van der Waals surface area contributed by atoms with Crippen molar-refractivity contribution in [2.45, 2.75) is 142 Å². The number of fused-ring (bicyclic) bond motifs is 1. The zero-order valence-electron chi connectivity index (χ0n) is 31.4. The van der Waals surface area contributed by atoms with Gasteiger partial charge in [-0.1, -0.05) is 121 Å². The average molecular weight is 715 g/mol. The molecule has 2 aromatic carbocycles. The van der Waals surface area contributed by atoms with E-state index in [-0.39, 0.29) is 18.2 Å². The number of ketones is 1. The number of benzene rings is 2. The lowest BCUT2D eigenvalue weighted by atomic mass is 9.86. The largest absolute Gasteiger partial charge is 0.425 e. The Balaban J connectivity index is 1.12. The lowest BCUT2D eigenvalue weighted by Gasteiger charge is -2.35. The topological polar surface area (TPSA) is 75.7 Å². The summed E-state index contributed by atoms with van der Waals surface area (Å²) in [6, 6.07) is 17.5. The third-order valence-electron chi connectivity index (χ3n) is 10.3. The van der Waals surface area contributed by atoms with E-state index in [1.54, 1.807) is 24.3 Å². The molecule has 4 rings (SSSR count). The second-order valence-electron chi connectivity index (χ2n) is 14.3. The number of hydrogen-bond donors (Lipinski definition) is 1. The summed E-state index contributed by atoms with van der Waals surface area (Å²) in [5.41, 5.74) is 3.38. The van der Waals surface area contributed by atoms with Crippen molar-refractivity contribution >= 4 is 29.0 Å². The van der Waals surface area contributed by atoms with Crippen LogP contribution < -0.4 is 10.1 Å². The molecule has 51 heavy (non-hydrogen) atoms. The Labute approximate surface area is 311 Å². The summed E-state index contributed by atoms with van der Waals surface area (Å²) in [6.45, 7) is 6.42. The molecule has 3 aromatic rings.